The number of rotatable bonds is 3. The molecule has 1 N–H and O–H groups in total. The second kappa shape index (κ2) is 8.34. The Balaban J connectivity index is 0.00000104. The van der Waals surface area contributed by atoms with Crippen LogP contribution in [0.5, 0.6) is 0 Å². The van der Waals surface area contributed by atoms with E-state index in [2.05, 4.69) is 44.2 Å². The Kier molecular flexibility index (Phi) is 6.70. The molecule has 4 rings (SSSR count). The standard InChI is InChI=1S/C18H24N4.2ClH/c1-2-9-20-17(5-1)22-12-3-4-16(22)14-21-13-8-18(15-21)6-10-19-11-7-18;;/h1-5,9,12,19H,6-8,10-11,13-15H2;2*1H. The van der Waals surface area contributed by atoms with Gasteiger partial charge in [0.15, 0.2) is 0 Å². The van der Waals surface area contributed by atoms with Crippen LogP contribution in [0.3, 0.4) is 0 Å². The summed E-state index contributed by atoms with van der Waals surface area (Å²) in [5.41, 5.74) is 1.91. The third-order valence-electron chi connectivity index (χ3n) is 5.30. The van der Waals surface area contributed by atoms with Gasteiger partial charge in [0.2, 0.25) is 0 Å². The molecule has 2 saturated heterocycles. The number of hydrogen-bond donors (Lipinski definition) is 1. The number of pyridine rings is 1. The van der Waals surface area contributed by atoms with E-state index in [0.29, 0.717) is 5.41 Å². The van der Waals surface area contributed by atoms with Crippen LogP contribution in [0.25, 0.3) is 5.82 Å². The second-order valence-electron chi connectivity index (χ2n) is 6.77. The summed E-state index contributed by atoms with van der Waals surface area (Å²) >= 11 is 0. The van der Waals surface area contributed by atoms with Crippen molar-refractivity contribution in [2.45, 2.75) is 25.8 Å². The maximum atomic E-state index is 4.48. The number of aromatic nitrogens is 2. The molecular formula is C18H26Cl2N4. The topological polar surface area (TPSA) is 33.1 Å². The Morgan fingerprint density at radius 1 is 1.04 bits per heavy atom. The fourth-order valence-corrected chi connectivity index (χ4v) is 4.02. The zero-order valence-electron chi connectivity index (χ0n) is 13.9. The first-order valence-electron chi connectivity index (χ1n) is 8.35. The maximum Gasteiger partial charge on any atom is 0.136 e. The molecule has 2 aromatic heterocycles. The molecule has 2 fully saturated rings. The Morgan fingerprint density at radius 3 is 2.62 bits per heavy atom. The summed E-state index contributed by atoms with van der Waals surface area (Å²) in [4.78, 5) is 7.10. The minimum atomic E-state index is 0. The average molecular weight is 369 g/mol. The minimum Gasteiger partial charge on any atom is -0.317 e. The normalized spacial score (nSPS) is 19.7. The maximum absolute atomic E-state index is 4.48. The molecule has 0 aromatic carbocycles. The third kappa shape index (κ3) is 3.94. The lowest BCUT2D eigenvalue weighted by molar-refractivity contribution is 0.193. The first-order valence-corrected chi connectivity index (χ1v) is 8.35. The Labute approximate surface area is 156 Å². The molecule has 1 spiro atoms. The van der Waals surface area contributed by atoms with Gasteiger partial charge in [-0.15, -0.1) is 24.8 Å². The molecule has 2 aliphatic heterocycles. The van der Waals surface area contributed by atoms with Gasteiger partial charge >= 0.3 is 0 Å². The molecule has 2 aromatic rings. The Morgan fingerprint density at radius 2 is 1.88 bits per heavy atom. The number of halogens is 2. The van der Waals surface area contributed by atoms with Crippen molar-refractivity contribution in [1.29, 1.82) is 0 Å². The molecule has 24 heavy (non-hydrogen) atoms. The van der Waals surface area contributed by atoms with Gasteiger partial charge in [0.1, 0.15) is 5.82 Å². The molecule has 0 bridgehead atoms. The van der Waals surface area contributed by atoms with Crippen molar-refractivity contribution in [1.82, 2.24) is 19.8 Å². The summed E-state index contributed by atoms with van der Waals surface area (Å²) in [5.74, 6) is 1.01. The van der Waals surface area contributed by atoms with Crippen molar-refractivity contribution < 1.29 is 0 Å². The smallest absolute Gasteiger partial charge is 0.136 e. The zero-order valence-corrected chi connectivity index (χ0v) is 15.5. The predicted octanol–water partition coefficient (Wildman–Crippen LogP) is 3.29. The highest BCUT2D eigenvalue weighted by Gasteiger charge is 2.38. The van der Waals surface area contributed by atoms with Crippen molar-refractivity contribution in [2.75, 3.05) is 26.2 Å². The lowest BCUT2D eigenvalue weighted by Gasteiger charge is -2.34. The van der Waals surface area contributed by atoms with Crippen molar-refractivity contribution in [3.05, 3.63) is 48.4 Å². The minimum absolute atomic E-state index is 0. The van der Waals surface area contributed by atoms with Crippen LogP contribution >= 0.6 is 24.8 Å². The van der Waals surface area contributed by atoms with E-state index in [0.717, 1.165) is 12.4 Å². The highest BCUT2D eigenvalue weighted by atomic mass is 35.5. The van der Waals surface area contributed by atoms with Crippen LogP contribution in [0.4, 0.5) is 0 Å². The van der Waals surface area contributed by atoms with Crippen LogP contribution in [-0.2, 0) is 6.54 Å². The van der Waals surface area contributed by atoms with Crippen LogP contribution in [0.15, 0.2) is 42.7 Å². The van der Waals surface area contributed by atoms with Gasteiger partial charge in [0, 0.05) is 31.2 Å². The van der Waals surface area contributed by atoms with E-state index in [9.17, 15) is 0 Å². The predicted molar refractivity (Wildman–Crippen MR) is 102 cm³/mol. The molecule has 0 amide bonds. The van der Waals surface area contributed by atoms with Gasteiger partial charge in [0.25, 0.3) is 0 Å². The van der Waals surface area contributed by atoms with Crippen molar-refractivity contribution in [3.63, 3.8) is 0 Å². The molecule has 2 aliphatic rings. The van der Waals surface area contributed by atoms with Crippen molar-refractivity contribution in [2.24, 2.45) is 5.41 Å². The molecule has 6 heteroatoms. The average Bonchev–Trinajstić information content (AvgIpc) is 3.17. The molecule has 4 nitrogen and oxygen atoms in total. The third-order valence-corrected chi connectivity index (χ3v) is 5.30. The fourth-order valence-electron chi connectivity index (χ4n) is 4.02. The summed E-state index contributed by atoms with van der Waals surface area (Å²) in [7, 11) is 0. The number of nitrogens with one attached hydrogen (secondary N) is 1. The highest BCUT2D eigenvalue weighted by molar-refractivity contribution is 5.85. The van der Waals surface area contributed by atoms with Gasteiger partial charge < -0.3 is 9.88 Å². The van der Waals surface area contributed by atoms with Crippen LogP contribution in [0.1, 0.15) is 25.0 Å². The second-order valence-corrected chi connectivity index (χ2v) is 6.77. The van der Waals surface area contributed by atoms with Crippen LogP contribution in [-0.4, -0.2) is 40.6 Å². The number of piperidine rings is 1. The Bertz CT molecular complexity index is 623. The van der Waals surface area contributed by atoms with Gasteiger partial charge in [-0.05, 0) is 68.6 Å². The van der Waals surface area contributed by atoms with Crippen molar-refractivity contribution in [3.8, 4) is 5.82 Å². The molecule has 4 heterocycles. The van der Waals surface area contributed by atoms with E-state index in [-0.39, 0.29) is 24.8 Å². The largest absolute Gasteiger partial charge is 0.317 e. The first-order chi connectivity index (χ1) is 10.8. The zero-order chi connectivity index (χ0) is 14.8. The highest BCUT2D eigenvalue weighted by Crippen LogP contribution is 2.39. The van der Waals surface area contributed by atoms with E-state index < -0.39 is 0 Å². The quantitative estimate of drug-likeness (QED) is 0.901. The van der Waals surface area contributed by atoms with Gasteiger partial charge in [-0.3, -0.25) is 4.90 Å². The molecule has 0 atom stereocenters. The fraction of sp³-hybridized carbons (Fsp3) is 0.500. The molecule has 0 saturated carbocycles. The number of nitrogens with zero attached hydrogens (tertiary/aromatic N) is 3. The van der Waals surface area contributed by atoms with Crippen LogP contribution in [0, 0.1) is 5.41 Å². The van der Waals surface area contributed by atoms with Gasteiger partial charge in [0.05, 0.1) is 0 Å². The summed E-state index contributed by atoms with van der Waals surface area (Å²) in [6.07, 6.45) is 8.02. The summed E-state index contributed by atoms with van der Waals surface area (Å²) < 4.78 is 2.22. The van der Waals surface area contributed by atoms with E-state index in [1.54, 1.807) is 0 Å². The summed E-state index contributed by atoms with van der Waals surface area (Å²) in [6.45, 7) is 5.89. The van der Waals surface area contributed by atoms with E-state index in [4.69, 9.17) is 0 Å². The van der Waals surface area contributed by atoms with E-state index >= 15 is 0 Å². The van der Waals surface area contributed by atoms with Gasteiger partial charge in [-0.1, -0.05) is 6.07 Å². The molecule has 0 aliphatic carbocycles. The molecular weight excluding hydrogens is 343 g/mol. The number of hydrogen-bond acceptors (Lipinski definition) is 3. The van der Waals surface area contributed by atoms with E-state index in [1.165, 1.54) is 51.1 Å². The van der Waals surface area contributed by atoms with Gasteiger partial charge in [-0.2, -0.15) is 0 Å². The van der Waals surface area contributed by atoms with Gasteiger partial charge in [-0.25, -0.2) is 4.98 Å². The first kappa shape index (κ1) is 19.3. The SMILES string of the molecule is Cl.Cl.c1ccc(-n2cccc2CN2CCC3(CCNCC3)C2)nc1. The van der Waals surface area contributed by atoms with Crippen LogP contribution < -0.4 is 5.32 Å². The Hall–Kier alpha value is -1.07. The van der Waals surface area contributed by atoms with Crippen LogP contribution in [0.2, 0.25) is 0 Å². The molecule has 0 radical (unpaired) electrons. The molecule has 0 unspecified atom stereocenters. The summed E-state index contributed by atoms with van der Waals surface area (Å²) in [5, 5.41) is 3.50. The lowest BCUT2D eigenvalue weighted by Crippen LogP contribution is -2.38. The molecule has 132 valence electrons. The lowest BCUT2D eigenvalue weighted by atomic mass is 9.78. The van der Waals surface area contributed by atoms with Crippen molar-refractivity contribution >= 4 is 24.8 Å². The monoisotopic (exact) mass is 368 g/mol. The number of likely N-dealkylation sites (tertiary alicyclic amines) is 1. The van der Waals surface area contributed by atoms with E-state index in [1.807, 2.05) is 18.3 Å². The summed E-state index contributed by atoms with van der Waals surface area (Å²) in [6, 6.07) is 10.4.